The third-order valence-corrected chi connectivity index (χ3v) is 5.66. The lowest BCUT2D eigenvalue weighted by molar-refractivity contribution is -0.141. The van der Waals surface area contributed by atoms with E-state index in [1.54, 1.807) is 19.1 Å². The van der Waals surface area contributed by atoms with Gasteiger partial charge in [-0.1, -0.05) is 31.2 Å². The Morgan fingerprint density at radius 2 is 1.85 bits per heavy atom. The topological polar surface area (TPSA) is 99.8 Å². The van der Waals surface area contributed by atoms with Gasteiger partial charge in [0.1, 0.15) is 6.54 Å². The number of amides is 3. The van der Waals surface area contributed by atoms with E-state index >= 15 is 0 Å². The van der Waals surface area contributed by atoms with Gasteiger partial charge in [0.15, 0.2) is 0 Å². The zero-order valence-corrected chi connectivity index (χ0v) is 19.4. The van der Waals surface area contributed by atoms with Gasteiger partial charge in [-0.2, -0.15) is 0 Å². The summed E-state index contributed by atoms with van der Waals surface area (Å²) >= 11 is 0. The van der Waals surface area contributed by atoms with Gasteiger partial charge in [-0.25, -0.2) is 4.79 Å². The van der Waals surface area contributed by atoms with E-state index < -0.39 is 12.0 Å². The quantitative estimate of drug-likeness (QED) is 0.533. The molecule has 8 heteroatoms. The number of carbonyl (C=O) groups excluding carboxylic acids is 3. The first-order valence-electron chi connectivity index (χ1n) is 11.4. The Balaban J connectivity index is 1.80. The minimum Gasteiger partial charge on any atom is -0.465 e. The predicted octanol–water partition coefficient (Wildman–Crippen LogP) is 3.46. The number of rotatable bonds is 8. The van der Waals surface area contributed by atoms with Crippen molar-refractivity contribution in [1.29, 1.82) is 0 Å². The standard InChI is InChI=1S/C25H32N4O4/c1-4-17(3)27-24(31)21-14-20(28-25(32)26-15-23(30)33-5-2)10-11-22(21)29-13-12-18-8-6-7-9-19(18)16-29/h6-11,14,17H,4-5,12-13,15-16H2,1-3H3,(H,27,31)(H2,26,28,32). The van der Waals surface area contributed by atoms with Crippen LogP contribution in [0.4, 0.5) is 16.2 Å². The molecule has 0 fully saturated rings. The van der Waals surface area contributed by atoms with Crippen molar-refractivity contribution in [3.05, 3.63) is 59.2 Å². The number of hydrogen-bond acceptors (Lipinski definition) is 5. The summed E-state index contributed by atoms with van der Waals surface area (Å²) in [5.74, 6) is -0.698. The highest BCUT2D eigenvalue weighted by molar-refractivity contribution is 6.02. The molecule has 0 spiro atoms. The van der Waals surface area contributed by atoms with E-state index in [2.05, 4.69) is 33.0 Å². The first-order valence-corrected chi connectivity index (χ1v) is 11.4. The summed E-state index contributed by atoms with van der Waals surface area (Å²) in [6.07, 6.45) is 1.71. The fourth-order valence-corrected chi connectivity index (χ4v) is 3.72. The first kappa shape index (κ1) is 24.1. The van der Waals surface area contributed by atoms with E-state index in [0.29, 0.717) is 17.8 Å². The van der Waals surface area contributed by atoms with E-state index in [1.165, 1.54) is 11.1 Å². The highest BCUT2D eigenvalue weighted by atomic mass is 16.5. The van der Waals surface area contributed by atoms with Gasteiger partial charge in [-0.05, 0) is 56.0 Å². The van der Waals surface area contributed by atoms with Gasteiger partial charge in [0.2, 0.25) is 0 Å². The molecule has 0 aromatic heterocycles. The lowest BCUT2D eigenvalue weighted by Crippen LogP contribution is -2.36. The number of nitrogens with zero attached hydrogens (tertiary/aromatic N) is 1. The number of anilines is 2. The van der Waals surface area contributed by atoms with Crippen LogP contribution in [-0.2, 0) is 22.5 Å². The lowest BCUT2D eigenvalue weighted by atomic mass is 9.98. The summed E-state index contributed by atoms with van der Waals surface area (Å²) in [4.78, 5) is 39.0. The molecular formula is C25H32N4O4. The molecule has 0 saturated heterocycles. The van der Waals surface area contributed by atoms with Crippen molar-refractivity contribution < 1.29 is 19.1 Å². The monoisotopic (exact) mass is 452 g/mol. The average Bonchev–Trinajstić information content (AvgIpc) is 2.82. The van der Waals surface area contributed by atoms with Crippen LogP contribution in [0.2, 0.25) is 0 Å². The number of fused-ring (bicyclic) bond motifs is 1. The average molecular weight is 453 g/mol. The maximum absolute atomic E-state index is 13.1. The Hall–Kier alpha value is -3.55. The van der Waals surface area contributed by atoms with Crippen molar-refractivity contribution in [2.45, 2.75) is 46.2 Å². The minimum absolute atomic E-state index is 0.0249. The van der Waals surface area contributed by atoms with Gasteiger partial charge < -0.3 is 25.6 Å². The zero-order chi connectivity index (χ0) is 23.8. The Kier molecular flexibility index (Phi) is 8.29. The molecule has 0 saturated carbocycles. The summed E-state index contributed by atoms with van der Waals surface area (Å²) in [5.41, 5.74) is 4.36. The molecule has 33 heavy (non-hydrogen) atoms. The van der Waals surface area contributed by atoms with E-state index in [-0.39, 0.29) is 25.1 Å². The van der Waals surface area contributed by atoms with Gasteiger partial charge >= 0.3 is 12.0 Å². The fourth-order valence-electron chi connectivity index (χ4n) is 3.72. The summed E-state index contributed by atoms with van der Waals surface area (Å²) in [6, 6.07) is 13.1. The third-order valence-electron chi connectivity index (χ3n) is 5.66. The van der Waals surface area contributed by atoms with Crippen molar-refractivity contribution in [3.63, 3.8) is 0 Å². The van der Waals surface area contributed by atoms with E-state index in [4.69, 9.17) is 4.74 Å². The van der Waals surface area contributed by atoms with Crippen LogP contribution in [0.5, 0.6) is 0 Å². The molecule has 0 bridgehead atoms. The summed E-state index contributed by atoms with van der Waals surface area (Å²) < 4.78 is 4.81. The van der Waals surface area contributed by atoms with Gasteiger partial charge in [-0.3, -0.25) is 9.59 Å². The normalized spacial score (nSPS) is 13.5. The van der Waals surface area contributed by atoms with Crippen LogP contribution in [0.3, 0.4) is 0 Å². The van der Waals surface area contributed by atoms with Crippen LogP contribution in [0, 0.1) is 0 Å². The van der Waals surface area contributed by atoms with Crippen LogP contribution in [0.1, 0.15) is 48.7 Å². The van der Waals surface area contributed by atoms with Crippen molar-refractivity contribution in [2.24, 2.45) is 0 Å². The summed E-state index contributed by atoms with van der Waals surface area (Å²) in [5, 5.41) is 8.17. The fraction of sp³-hybridized carbons (Fsp3) is 0.400. The smallest absolute Gasteiger partial charge is 0.325 e. The van der Waals surface area contributed by atoms with Crippen LogP contribution in [0.15, 0.2) is 42.5 Å². The van der Waals surface area contributed by atoms with E-state index in [0.717, 1.165) is 25.1 Å². The largest absolute Gasteiger partial charge is 0.465 e. The van der Waals surface area contributed by atoms with Crippen LogP contribution in [-0.4, -0.2) is 43.6 Å². The summed E-state index contributed by atoms with van der Waals surface area (Å²) in [6.45, 7) is 7.21. The maximum Gasteiger partial charge on any atom is 0.325 e. The number of nitrogens with one attached hydrogen (secondary N) is 3. The molecule has 8 nitrogen and oxygen atoms in total. The molecule has 1 unspecified atom stereocenters. The van der Waals surface area contributed by atoms with Crippen molar-refractivity contribution in [3.8, 4) is 0 Å². The Morgan fingerprint density at radius 1 is 1.09 bits per heavy atom. The van der Waals surface area contributed by atoms with Crippen LogP contribution in [0.25, 0.3) is 0 Å². The maximum atomic E-state index is 13.1. The highest BCUT2D eigenvalue weighted by Gasteiger charge is 2.22. The van der Waals surface area contributed by atoms with Gasteiger partial charge in [0.25, 0.3) is 5.91 Å². The minimum atomic E-state index is -0.545. The van der Waals surface area contributed by atoms with E-state index in [1.807, 2.05) is 32.0 Å². The SMILES string of the molecule is CCOC(=O)CNC(=O)Nc1ccc(N2CCc3ccccc3C2)c(C(=O)NC(C)CC)c1. The highest BCUT2D eigenvalue weighted by Crippen LogP contribution is 2.29. The molecule has 1 atom stereocenters. The lowest BCUT2D eigenvalue weighted by Gasteiger charge is -2.32. The second kappa shape index (κ2) is 11.4. The number of hydrogen-bond donors (Lipinski definition) is 3. The second-order valence-electron chi connectivity index (χ2n) is 8.07. The number of urea groups is 1. The van der Waals surface area contributed by atoms with Crippen molar-refractivity contribution in [2.75, 3.05) is 29.9 Å². The van der Waals surface area contributed by atoms with Gasteiger partial charge in [0, 0.05) is 30.5 Å². The molecule has 1 aliphatic heterocycles. The Bertz CT molecular complexity index is 1010. The molecule has 176 valence electrons. The molecule has 0 radical (unpaired) electrons. The van der Waals surface area contributed by atoms with Gasteiger partial charge in [0.05, 0.1) is 12.2 Å². The molecule has 3 N–H and O–H groups in total. The zero-order valence-electron chi connectivity index (χ0n) is 19.4. The Morgan fingerprint density at radius 3 is 2.58 bits per heavy atom. The molecule has 0 aliphatic carbocycles. The van der Waals surface area contributed by atoms with Crippen LogP contribution < -0.4 is 20.9 Å². The first-order chi connectivity index (χ1) is 15.9. The molecule has 2 aromatic rings. The van der Waals surface area contributed by atoms with Gasteiger partial charge in [-0.15, -0.1) is 0 Å². The predicted molar refractivity (Wildman–Crippen MR) is 129 cm³/mol. The Labute approximate surface area is 194 Å². The second-order valence-corrected chi connectivity index (χ2v) is 8.07. The summed E-state index contributed by atoms with van der Waals surface area (Å²) in [7, 11) is 0. The number of carbonyl (C=O) groups is 3. The molecule has 3 amide bonds. The van der Waals surface area contributed by atoms with Crippen molar-refractivity contribution in [1.82, 2.24) is 10.6 Å². The van der Waals surface area contributed by atoms with Crippen molar-refractivity contribution >= 4 is 29.3 Å². The molecule has 2 aromatic carbocycles. The number of benzene rings is 2. The molecule has 3 rings (SSSR count). The van der Waals surface area contributed by atoms with Crippen LogP contribution >= 0.6 is 0 Å². The third kappa shape index (κ3) is 6.47. The number of esters is 1. The molecular weight excluding hydrogens is 420 g/mol. The molecule has 1 heterocycles. The van der Waals surface area contributed by atoms with E-state index in [9.17, 15) is 14.4 Å². The molecule has 1 aliphatic rings. The number of ether oxygens (including phenoxy) is 1.